The summed E-state index contributed by atoms with van der Waals surface area (Å²) >= 11 is 0. The Balaban J connectivity index is 1.89. The summed E-state index contributed by atoms with van der Waals surface area (Å²) in [6.07, 6.45) is -2.03. The fraction of sp³-hybridized carbons (Fsp3) is 0.909. The summed E-state index contributed by atoms with van der Waals surface area (Å²) in [5.74, 6) is -0.237. The molecule has 2 aliphatic rings. The van der Waals surface area contributed by atoms with Crippen LogP contribution in [0.15, 0.2) is 0 Å². The third kappa shape index (κ3) is 3.13. The average molecular weight is 249 g/mol. The molecule has 0 aromatic carbocycles. The summed E-state index contributed by atoms with van der Waals surface area (Å²) in [6.45, 7) is 1.68. The van der Waals surface area contributed by atoms with Gasteiger partial charge in [0, 0.05) is 13.2 Å². The van der Waals surface area contributed by atoms with Gasteiger partial charge in [0.05, 0.1) is 25.7 Å². The van der Waals surface area contributed by atoms with E-state index in [1.54, 1.807) is 0 Å². The molecule has 4 nitrogen and oxygen atoms in total. The minimum Gasteiger partial charge on any atom is -0.381 e. The topological polar surface area (TPSA) is 38.8 Å². The van der Waals surface area contributed by atoms with Crippen molar-refractivity contribution in [3.05, 3.63) is 0 Å². The van der Waals surface area contributed by atoms with E-state index in [1.807, 2.05) is 0 Å². The first-order valence-corrected chi connectivity index (χ1v) is 5.95. The molecule has 98 valence electrons. The van der Waals surface area contributed by atoms with Gasteiger partial charge in [-0.2, -0.15) is 0 Å². The second-order valence-electron chi connectivity index (χ2n) is 4.44. The molecule has 2 saturated heterocycles. The van der Waals surface area contributed by atoms with Gasteiger partial charge in [0.2, 0.25) is 5.91 Å². The molecular formula is C11H17F2NO3. The number of morpholine rings is 1. The Bertz CT molecular complexity index is 269. The molecule has 2 rings (SSSR count). The standard InChI is InChI=1S/C11H17F2NO3/c12-10(13)9-6-14(3-5-17-9)11(15)8-2-1-4-16-7-8/h8-10H,1-7H2. The Morgan fingerprint density at radius 1 is 1.35 bits per heavy atom. The molecule has 17 heavy (non-hydrogen) atoms. The molecule has 2 fully saturated rings. The van der Waals surface area contributed by atoms with Gasteiger partial charge in [-0.1, -0.05) is 0 Å². The highest BCUT2D eigenvalue weighted by Crippen LogP contribution is 2.19. The molecule has 0 spiro atoms. The van der Waals surface area contributed by atoms with E-state index in [0.717, 1.165) is 12.8 Å². The van der Waals surface area contributed by atoms with E-state index in [2.05, 4.69) is 0 Å². The fourth-order valence-electron chi connectivity index (χ4n) is 2.22. The molecule has 0 radical (unpaired) electrons. The van der Waals surface area contributed by atoms with Crippen molar-refractivity contribution in [1.82, 2.24) is 4.90 Å². The van der Waals surface area contributed by atoms with E-state index in [1.165, 1.54) is 4.90 Å². The van der Waals surface area contributed by atoms with Crippen molar-refractivity contribution in [1.29, 1.82) is 0 Å². The summed E-state index contributed by atoms with van der Waals surface area (Å²) in [5, 5.41) is 0. The zero-order valence-electron chi connectivity index (χ0n) is 9.61. The summed E-state index contributed by atoms with van der Waals surface area (Å²) in [7, 11) is 0. The molecule has 2 heterocycles. The van der Waals surface area contributed by atoms with Crippen LogP contribution in [-0.4, -0.2) is 56.2 Å². The Labute approximate surface area is 98.9 Å². The number of ether oxygens (including phenoxy) is 2. The molecule has 2 aliphatic heterocycles. The van der Waals surface area contributed by atoms with Crippen molar-refractivity contribution in [3.8, 4) is 0 Å². The maximum absolute atomic E-state index is 12.5. The lowest BCUT2D eigenvalue weighted by Gasteiger charge is -2.35. The van der Waals surface area contributed by atoms with E-state index in [-0.39, 0.29) is 25.0 Å². The van der Waals surface area contributed by atoms with Crippen LogP contribution in [0, 0.1) is 5.92 Å². The lowest BCUT2D eigenvalue weighted by atomic mass is 10.0. The summed E-state index contributed by atoms with van der Waals surface area (Å²) in [4.78, 5) is 13.6. The van der Waals surface area contributed by atoms with E-state index in [0.29, 0.717) is 19.8 Å². The fourth-order valence-corrected chi connectivity index (χ4v) is 2.22. The molecule has 0 aromatic rings. The average Bonchev–Trinajstić information content (AvgIpc) is 2.39. The van der Waals surface area contributed by atoms with Crippen LogP contribution >= 0.6 is 0 Å². The monoisotopic (exact) mass is 249 g/mol. The van der Waals surface area contributed by atoms with Crippen molar-refractivity contribution in [3.63, 3.8) is 0 Å². The third-order valence-electron chi connectivity index (χ3n) is 3.20. The SMILES string of the molecule is O=C(C1CCCOC1)N1CCOC(C(F)F)C1. The van der Waals surface area contributed by atoms with Gasteiger partial charge in [0.15, 0.2) is 0 Å². The predicted molar refractivity (Wildman–Crippen MR) is 55.9 cm³/mol. The van der Waals surface area contributed by atoms with Crippen LogP contribution in [0.25, 0.3) is 0 Å². The Kier molecular flexibility index (Phi) is 4.28. The number of amides is 1. The van der Waals surface area contributed by atoms with Gasteiger partial charge < -0.3 is 14.4 Å². The van der Waals surface area contributed by atoms with Crippen molar-refractivity contribution in [2.24, 2.45) is 5.92 Å². The Morgan fingerprint density at radius 2 is 2.18 bits per heavy atom. The number of carbonyl (C=O) groups is 1. The molecule has 2 unspecified atom stereocenters. The zero-order chi connectivity index (χ0) is 12.3. The van der Waals surface area contributed by atoms with Gasteiger partial charge in [0.1, 0.15) is 6.10 Å². The molecule has 0 aliphatic carbocycles. The number of hydrogen-bond acceptors (Lipinski definition) is 3. The summed E-state index contributed by atoms with van der Waals surface area (Å²) < 4.78 is 35.2. The van der Waals surface area contributed by atoms with Crippen LogP contribution in [0.2, 0.25) is 0 Å². The highest BCUT2D eigenvalue weighted by atomic mass is 19.3. The van der Waals surface area contributed by atoms with E-state index in [9.17, 15) is 13.6 Å². The van der Waals surface area contributed by atoms with Crippen molar-refractivity contribution >= 4 is 5.91 Å². The van der Waals surface area contributed by atoms with Crippen LogP contribution in [-0.2, 0) is 14.3 Å². The maximum Gasteiger partial charge on any atom is 0.266 e. The van der Waals surface area contributed by atoms with Crippen molar-refractivity contribution in [2.75, 3.05) is 32.9 Å². The van der Waals surface area contributed by atoms with Crippen molar-refractivity contribution < 1.29 is 23.0 Å². The molecule has 1 amide bonds. The van der Waals surface area contributed by atoms with E-state index < -0.39 is 12.5 Å². The van der Waals surface area contributed by atoms with Gasteiger partial charge in [-0.3, -0.25) is 4.79 Å². The van der Waals surface area contributed by atoms with Gasteiger partial charge in [-0.15, -0.1) is 0 Å². The quantitative estimate of drug-likeness (QED) is 0.730. The minimum absolute atomic E-state index is 0.00694. The first-order valence-electron chi connectivity index (χ1n) is 5.95. The zero-order valence-corrected chi connectivity index (χ0v) is 9.61. The molecule has 6 heteroatoms. The van der Waals surface area contributed by atoms with Crippen LogP contribution in [0.1, 0.15) is 12.8 Å². The number of alkyl halides is 2. The van der Waals surface area contributed by atoms with Crippen LogP contribution in [0.3, 0.4) is 0 Å². The number of nitrogens with zero attached hydrogens (tertiary/aromatic N) is 1. The minimum atomic E-state index is -2.53. The number of hydrogen-bond donors (Lipinski definition) is 0. The molecule has 0 N–H and O–H groups in total. The largest absolute Gasteiger partial charge is 0.381 e. The molecule has 0 aromatic heterocycles. The van der Waals surface area contributed by atoms with E-state index in [4.69, 9.17) is 9.47 Å². The molecule has 0 bridgehead atoms. The Hall–Kier alpha value is -0.750. The predicted octanol–water partition coefficient (Wildman–Crippen LogP) is 0.905. The molecule has 0 saturated carbocycles. The smallest absolute Gasteiger partial charge is 0.266 e. The summed E-state index contributed by atoms with van der Waals surface area (Å²) in [6, 6.07) is 0. The van der Waals surface area contributed by atoms with Gasteiger partial charge >= 0.3 is 0 Å². The highest BCUT2D eigenvalue weighted by Gasteiger charge is 2.33. The number of carbonyl (C=O) groups excluding carboxylic acids is 1. The van der Waals surface area contributed by atoms with Gasteiger partial charge in [-0.25, -0.2) is 8.78 Å². The molecular weight excluding hydrogens is 232 g/mol. The highest BCUT2D eigenvalue weighted by molar-refractivity contribution is 5.79. The first kappa shape index (κ1) is 12.7. The lowest BCUT2D eigenvalue weighted by molar-refractivity contribution is -0.154. The van der Waals surface area contributed by atoms with Crippen LogP contribution in [0.5, 0.6) is 0 Å². The number of halogens is 2. The second-order valence-corrected chi connectivity index (χ2v) is 4.44. The summed E-state index contributed by atoms with van der Waals surface area (Å²) in [5.41, 5.74) is 0. The van der Waals surface area contributed by atoms with Crippen LogP contribution < -0.4 is 0 Å². The normalized spacial score (nSPS) is 30.6. The van der Waals surface area contributed by atoms with Crippen LogP contribution in [0.4, 0.5) is 8.78 Å². The van der Waals surface area contributed by atoms with Crippen molar-refractivity contribution in [2.45, 2.75) is 25.4 Å². The Morgan fingerprint density at radius 3 is 2.82 bits per heavy atom. The van der Waals surface area contributed by atoms with Gasteiger partial charge in [0.25, 0.3) is 6.43 Å². The molecule has 2 atom stereocenters. The van der Waals surface area contributed by atoms with E-state index >= 15 is 0 Å². The maximum atomic E-state index is 12.5. The second kappa shape index (κ2) is 5.73. The van der Waals surface area contributed by atoms with Gasteiger partial charge in [-0.05, 0) is 12.8 Å². The number of rotatable bonds is 2. The third-order valence-corrected chi connectivity index (χ3v) is 3.20. The first-order chi connectivity index (χ1) is 8.18. The lowest BCUT2D eigenvalue weighted by Crippen LogP contribution is -2.50.